The van der Waals surface area contributed by atoms with Gasteiger partial charge in [-0.2, -0.15) is 5.21 Å². The number of tetrazole rings is 1. The van der Waals surface area contributed by atoms with Crippen molar-refractivity contribution in [2.75, 3.05) is 26.3 Å². The number of piperidine rings is 1. The molecule has 5 rings (SSSR count). The van der Waals surface area contributed by atoms with E-state index in [4.69, 9.17) is 0 Å². The number of nitrogens with one attached hydrogen (secondary N) is 2. The first-order valence-corrected chi connectivity index (χ1v) is 10.4. The highest BCUT2D eigenvalue weighted by Gasteiger charge is 2.43. The van der Waals surface area contributed by atoms with Gasteiger partial charge in [0.15, 0.2) is 5.82 Å². The van der Waals surface area contributed by atoms with Crippen LogP contribution in [-0.4, -0.2) is 62.8 Å². The minimum absolute atomic E-state index is 0.149. The van der Waals surface area contributed by atoms with Crippen LogP contribution in [0.1, 0.15) is 29.8 Å². The zero-order chi connectivity index (χ0) is 19.5. The van der Waals surface area contributed by atoms with Crippen molar-refractivity contribution >= 4 is 0 Å². The minimum Gasteiger partial charge on any atom is -0.296 e. The fraction of sp³-hybridized carbons (Fsp3) is 0.409. The quantitative estimate of drug-likeness (QED) is 0.695. The summed E-state index contributed by atoms with van der Waals surface area (Å²) in [5.41, 5.74) is 2.52. The number of likely N-dealkylation sites (tertiary alicyclic amines) is 1. The molecule has 2 aliphatic rings. The number of aromatic nitrogens is 4. The Kier molecular flexibility index (Phi) is 5.10. The third kappa shape index (κ3) is 3.69. The van der Waals surface area contributed by atoms with Crippen LogP contribution >= 0.6 is 0 Å². The van der Waals surface area contributed by atoms with Crippen LogP contribution in [0.15, 0.2) is 60.7 Å². The summed E-state index contributed by atoms with van der Waals surface area (Å²) in [6.45, 7) is 4.83. The van der Waals surface area contributed by atoms with Crippen molar-refractivity contribution in [2.45, 2.75) is 31.0 Å². The zero-order valence-electron chi connectivity index (χ0n) is 16.5. The molecule has 0 aliphatic carbocycles. The monoisotopic (exact) mass is 389 g/mol. The van der Waals surface area contributed by atoms with Gasteiger partial charge in [-0.1, -0.05) is 65.9 Å². The maximum atomic E-state index is 4.08. The van der Waals surface area contributed by atoms with Gasteiger partial charge in [0.25, 0.3) is 0 Å². The van der Waals surface area contributed by atoms with Crippen LogP contribution in [0.5, 0.6) is 0 Å². The number of hydrogen-bond acceptors (Lipinski definition) is 6. The summed E-state index contributed by atoms with van der Waals surface area (Å²) in [7, 11) is 0. The average Bonchev–Trinajstić information content (AvgIpc) is 3.47. The van der Waals surface area contributed by atoms with Gasteiger partial charge in [-0.3, -0.25) is 15.1 Å². The van der Waals surface area contributed by atoms with Crippen LogP contribution < -0.4 is 5.32 Å². The largest absolute Gasteiger partial charge is 0.296 e. The lowest BCUT2D eigenvalue weighted by Gasteiger charge is -2.37. The van der Waals surface area contributed by atoms with E-state index in [1.807, 2.05) is 0 Å². The predicted octanol–water partition coefficient (Wildman–Crippen LogP) is 1.97. The van der Waals surface area contributed by atoms with Crippen molar-refractivity contribution in [3.8, 4) is 0 Å². The number of aromatic amines is 1. The summed E-state index contributed by atoms with van der Waals surface area (Å²) >= 11 is 0. The van der Waals surface area contributed by atoms with Gasteiger partial charge in [0, 0.05) is 32.3 Å². The molecule has 7 heteroatoms. The van der Waals surface area contributed by atoms with Gasteiger partial charge in [0.1, 0.15) is 0 Å². The van der Waals surface area contributed by atoms with Crippen LogP contribution in [0.3, 0.4) is 0 Å². The molecule has 29 heavy (non-hydrogen) atoms. The molecular formula is C22H27N7. The van der Waals surface area contributed by atoms with Crippen molar-refractivity contribution in [3.63, 3.8) is 0 Å². The molecule has 0 unspecified atom stereocenters. The van der Waals surface area contributed by atoms with Crippen molar-refractivity contribution in [2.24, 2.45) is 0 Å². The molecule has 0 atom stereocenters. The van der Waals surface area contributed by atoms with Gasteiger partial charge in [-0.05, 0) is 24.0 Å². The van der Waals surface area contributed by atoms with Crippen molar-refractivity contribution in [1.29, 1.82) is 0 Å². The normalized spacial score (nSPS) is 20.8. The molecule has 0 radical (unpaired) electrons. The van der Waals surface area contributed by atoms with Crippen LogP contribution in [0.4, 0.5) is 0 Å². The number of hydrogen-bond donors (Lipinski definition) is 2. The van der Waals surface area contributed by atoms with Gasteiger partial charge in [0.2, 0.25) is 0 Å². The average molecular weight is 390 g/mol. The highest BCUT2D eigenvalue weighted by molar-refractivity contribution is 5.40. The summed E-state index contributed by atoms with van der Waals surface area (Å²) in [6, 6.07) is 22.3. The van der Waals surface area contributed by atoms with Crippen molar-refractivity contribution < 1.29 is 0 Å². The zero-order valence-corrected chi connectivity index (χ0v) is 16.5. The second kappa shape index (κ2) is 8.02. The predicted molar refractivity (Wildman–Crippen MR) is 111 cm³/mol. The first-order chi connectivity index (χ1) is 14.3. The molecule has 3 heterocycles. The van der Waals surface area contributed by atoms with Gasteiger partial charge < -0.3 is 0 Å². The molecule has 150 valence electrons. The summed E-state index contributed by atoms with van der Waals surface area (Å²) in [6.07, 6.45) is 2.33. The van der Waals surface area contributed by atoms with Gasteiger partial charge in [-0.25, -0.2) is 0 Å². The van der Waals surface area contributed by atoms with Crippen molar-refractivity contribution in [1.82, 2.24) is 35.7 Å². The van der Waals surface area contributed by atoms with Gasteiger partial charge >= 0.3 is 0 Å². The molecule has 3 aromatic rings. The second-order valence-electron chi connectivity index (χ2n) is 8.05. The summed E-state index contributed by atoms with van der Waals surface area (Å²) in [5, 5.41) is 18.2. The van der Waals surface area contributed by atoms with E-state index in [9.17, 15) is 0 Å². The fourth-order valence-electron chi connectivity index (χ4n) is 4.80. The van der Waals surface area contributed by atoms with Crippen LogP contribution in [-0.2, 0) is 12.1 Å². The van der Waals surface area contributed by atoms with E-state index in [0.29, 0.717) is 6.04 Å². The minimum atomic E-state index is -0.149. The van der Waals surface area contributed by atoms with E-state index in [1.165, 1.54) is 24.0 Å². The lowest BCUT2D eigenvalue weighted by molar-refractivity contribution is 0.117. The highest BCUT2D eigenvalue weighted by atomic mass is 15.5. The Balaban J connectivity index is 1.30. The topological polar surface area (TPSA) is 73.0 Å². The van der Waals surface area contributed by atoms with E-state index >= 15 is 0 Å². The standard InChI is InChI=1S/C22H27N7/c1-3-7-18(8-4-1)22(19-9-5-2-6-10-19)16-29(17-23-22)20-11-13-28(14-12-20)15-21-24-26-27-25-21/h1-10,20,23H,11-17H2,(H,24,25,26,27). The number of benzene rings is 2. The molecule has 1 aromatic heterocycles. The Morgan fingerprint density at radius 1 is 0.931 bits per heavy atom. The first kappa shape index (κ1) is 18.4. The highest BCUT2D eigenvalue weighted by Crippen LogP contribution is 2.35. The lowest BCUT2D eigenvalue weighted by Crippen LogP contribution is -2.45. The van der Waals surface area contributed by atoms with Gasteiger partial charge in [-0.15, -0.1) is 10.2 Å². The molecule has 2 aromatic carbocycles. The van der Waals surface area contributed by atoms with Gasteiger partial charge in [0.05, 0.1) is 12.1 Å². The molecular weight excluding hydrogens is 362 g/mol. The summed E-state index contributed by atoms with van der Waals surface area (Å²) < 4.78 is 0. The van der Waals surface area contributed by atoms with E-state index in [2.05, 4.69) is 96.4 Å². The maximum absolute atomic E-state index is 4.08. The van der Waals surface area contributed by atoms with E-state index in [-0.39, 0.29) is 5.54 Å². The Hall–Kier alpha value is -2.61. The molecule has 0 bridgehead atoms. The summed E-state index contributed by atoms with van der Waals surface area (Å²) in [5.74, 6) is 0.776. The number of nitrogens with zero attached hydrogens (tertiary/aromatic N) is 5. The molecule has 0 amide bonds. The molecule has 2 fully saturated rings. The Labute approximate surface area is 171 Å². The third-order valence-corrected chi connectivity index (χ3v) is 6.39. The Morgan fingerprint density at radius 2 is 1.59 bits per heavy atom. The maximum Gasteiger partial charge on any atom is 0.188 e. The number of H-pyrrole nitrogens is 1. The first-order valence-electron chi connectivity index (χ1n) is 10.4. The second-order valence-corrected chi connectivity index (χ2v) is 8.05. The molecule has 0 saturated carbocycles. The van der Waals surface area contributed by atoms with Crippen LogP contribution in [0, 0.1) is 0 Å². The lowest BCUT2D eigenvalue weighted by atomic mass is 9.83. The summed E-state index contributed by atoms with van der Waals surface area (Å²) in [4.78, 5) is 5.05. The van der Waals surface area contributed by atoms with E-state index < -0.39 is 0 Å². The molecule has 2 saturated heterocycles. The van der Waals surface area contributed by atoms with E-state index in [0.717, 1.165) is 38.7 Å². The molecule has 0 spiro atoms. The van der Waals surface area contributed by atoms with Crippen LogP contribution in [0.2, 0.25) is 0 Å². The molecule has 2 aliphatic heterocycles. The molecule has 2 N–H and O–H groups in total. The molecule has 7 nitrogen and oxygen atoms in total. The van der Waals surface area contributed by atoms with Crippen molar-refractivity contribution in [3.05, 3.63) is 77.6 Å². The SMILES string of the molecule is c1ccc(C2(c3ccccc3)CN(C3CCN(Cc4nn[nH]n4)CC3)CN2)cc1. The Morgan fingerprint density at radius 3 is 2.17 bits per heavy atom. The van der Waals surface area contributed by atoms with Crippen LogP contribution in [0.25, 0.3) is 0 Å². The number of rotatable bonds is 5. The third-order valence-electron chi connectivity index (χ3n) is 6.39. The van der Waals surface area contributed by atoms with E-state index in [1.54, 1.807) is 0 Å². The smallest absolute Gasteiger partial charge is 0.188 e. The fourth-order valence-corrected chi connectivity index (χ4v) is 4.80. The Bertz CT molecular complexity index is 850.